The molecular formula is C30H40N2O5. The number of esters is 1. The quantitative estimate of drug-likeness (QED) is 0.464. The Morgan fingerprint density at radius 2 is 1.78 bits per heavy atom. The monoisotopic (exact) mass is 508 g/mol. The minimum Gasteiger partial charge on any atom is -0.460 e. The van der Waals surface area contributed by atoms with Gasteiger partial charge in [-0.2, -0.15) is 0 Å². The van der Waals surface area contributed by atoms with Crippen molar-refractivity contribution in [1.29, 1.82) is 0 Å². The number of hydrogen-bond acceptors (Lipinski definition) is 6. The fraction of sp³-hybridized carbons (Fsp3) is 0.433. The molecule has 0 spiro atoms. The van der Waals surface area contributed by atoms with Gasteiger partial charge in [0.05, 0.1) is 35.1 Å². The number of methoxy groups -OCH3 is 1. The number of allylic oxidation sites excluding steroid dienone is 2. The van der Waals surface area contributed by atoms with Crippen LogP contribution in [0, 0.1) is 5.92 Å². The first kappa shape index (κ1) is 29.9. The molecule has 0 radical (unpaired) electrons. The molecule has 3 aliphatic rings. The van der Waals surface area contributed by atoms with Crippen LogP contribution in [0.1, 0.15) is 80.0 Å². The summed E-state index contributed by atoms with van der Waals surface area (Å²) in [6.45, 7) is 12.8. The summed E-state index contributed by atoms with van der Waals surface area (Å²) < 4.78 is 11.3. The third kappa shape index (κ3) is 6.00. The summed E-state index contributed by atoms with van der Waals surface area (Å²) in [6.07, 6.45) is 12.1. The van der Waals surface area contributed by atoms with Gasteiger partial charge in [-0.3, -0.25) is 9.59 Å². The molecule has 0 saturated carbocycles. The van der Waals surface area contributed by atoms with Crippen molar-refractivity contribution in [2.24, 2.45) is 5.92 Å². The van der Waals surface area contributed by atoms with Crippen LogP contribution in [0.4, 0.5) is 0 Å². The van der Waals surface area contributed by atoms with Crippen LogP contribution in [0.25, 0.3) is 29.6 Å². The first-order chi connectivity index (χ1) is 17.9. The molecule has 7 heteroatoms. The van der Waals surface area contributed by atoms with Crippen molar-refractivity contribution in [2.45, 2.75) is 59.6 Å². The Morgan fingerprint density at radius 1 is 1.16 bits per heavy atom. The number of nitrogens with zero attached hydrogens (tertiary/aromatic N) is 2. The second-order valence-corrected chi connectivity index (χ2v) is 8.97. The topological polar surface area (TPSA) is 90.7 Å². The summed E-state index contributed by atoms with van der Waals surface area (Å²) in [5, 5.41) is 7.00. The number of carbonyl (C=O) groups is 1. The SMILES string of the molecule is C=Cc1c2c(nc3c1Cn1c-3cc3c(c1=O)COC(=O)C3CC)C=CC(C)C=C2.CCC.CO.COC. The molecule has 0 fully saturated rings. The van der Waals surface area contributed by atoms with Gasteiger partial charge in [-0.25, -0.2) is 4.98 Å². The molecule has 2 aromatic heterocycles. The molecule has 1 N–H and O–H groups in total. The number of carbonyl (C=O) groups excluding carboxylic acids is 1. The van der Waals surface area contributed by atoms with Gasteiger partial charge in [-0.05, 0) is 35.6 Å². The lowest BCUT2D eigenvalue weighted by molar-refractivity contribution is -0.148. The van der Waals surface area contributed by atoms with Crippen molar-refractivity contribution in [1.82, 2.24) is 9.55 Å². The number of aliphatic hydroxyl groups is 1. The zero-order valence-corrected chi connectivity index (χ0v) is 23.1. The Labute approximate surface area is 220 Å². The Bertz CT molecular complexity index is 1240. The van der Waals surface area contributed by atoms with Crippen LogP contribution in [-0.2, 0) is 27.4 Å². The molecular weight excluding hydrogens is 468 g/mol. The number of pyridine rings is 2. The summed E-state index contributed by atoms with van der Waals surface area (Å²) in [6, 6.07) is 1.97. The Kier molecular flexibility index (Phi) is 11.2. The average Bonchev–Trinajstić information content (AvgIpc) is 3.15. The number of aliphatic hydroxyl groups excluding tert-OH is 1. The molecule has 4 heterocycles. The minimum absolute atomic E-state index is 0.0434. The lowest BCUT2D eigenvalue weighted by Crippen LogP contribution is -2.32. The molecule has 0 bridgehead atoms. The minimum atomic E-state index is -0.398. The van der Waals surface area contributed by atoms with E-state index in [2.05, 4.69) is 50.3 Å². The molecule has 1 aliphatic carbocycles. The van der Waals surface area contributed by atoms with Crippen molar-refractivity contribution in [3.05, 3.63) is 68.7 Å². The van der Waals surface area contributed by atoms with Gasteiger partial charge in [0.15, 0.2) is 0 Å². The normalized spacial score (nSPS) is 17.6. The molecule has 2 aliphatic heterocycles. The second kappa shape index (κ2) is 13.9. The summed E-state index contributed by atoms with van der Waals surface area (Å²) in [4.78, 5) is 30.4. The van der Waals surface area contributed by atoms with E-state index in [0.29, 0.717) is 24.4 Å². The maximum absolute atomic E-state index is 13.3. The van der Waals surface area contributed by atoms with Gasteiger partial charge < -0.3 is 19.1 Å². The van der Waals surface area contributed by atoms with E-state index in [1.807, 2.05) is 25.1 Å². The van der Waals surface area contributed by atoms with E-state index < -0.39 is 5.92 Å². The highest BCUT2D eigenvalue weighted by molar-refractivity contribution is 5.84. The molecule has 2 atom stereocenters. The maximum Gasteiger partial charge on any atom is 0.313 e. The van der Waals surface area contributed by atoms with Crippen LogP contribution >= 0.6 is 0 Å². The standard InChI is InChI=1S/C24H22N2O3.C3H8.C2H6O.CH4O/c1-4-14-16-8-6-13(3)7-9-20(16)25-22-18(14)11-26-21(22)10-17-15(5-2)24(28)29-12-19(17)23(26)27;2*1-3-2;1-2/h4,6-10,13,15H,1,5,11-12H2,2-3H3;3H2,1-2H3;1-2H3;2H,1H3. The summed E-state index contributed by atoms with van der Waals surface area (Å²) >= 11 is 0. The van der Waals surface area contributed by atoms with Gasteiger partial charge in [-0.15, -0.1) is 0 Å². The third-order valence-corrected chi connectivity index (χ3v) is 6.16. The fourth-order valence-electron chi connectivity index (χ4n) is 4.57. The molecule has 200 valence electrons. The van der Waals surface area contributed by atoms with Crippen molar-refractivity contribution >= 4 is 24.2 Å². The van der Waals surface area contributed by atoms with Crippen LogP contribution in [0.15, 0.2) is 29.6 Å². The Balaban J connectivity index is 0.000000541. The van der Waals surface area contributed by atoms with E-state index in [1.165, 1.54) is 6.42 Å². The van der Waals surface area contributed by atoms with Crippen molar-refractivity contribution < 1.29 is 19.4 Å². The van der Waals surface area contributed by atoms with E-state index in [1.54, 1.807) is 18.8 Å². The second-order valence-electron chi connectivity index (χ2n) is 8.97. The largest absolute Gasteiger partial charge is 0.460 e. The van der Waals surface area contributed by atoms with Gasteiger partial charge in [-0.1, -0.05) is 65.0 Å². The highest BCUT2D eigenvalue weighted by Gasteiger charge is 2.34. The Morgan fingerprint density at radius 3 is 2.38 bits per heavy atom. The van der Waals surface area contributed by atoms with Gasteiger partial charge >= 0.3 is 5.97 Å². The lowest BCUT2D eigenvalue weighted by Gasteiger charge is -2.24. The number of hydrogen-bond donors (Lipinski definition) is 1. The van der Waals surface area contributed by atoms with Crippen LogP contribution < -0.4 is 5.56 Å². The van der Waals surface area contributed by atoms with E-state index in [-0.39, 0.29) is 18.1 Å². The molecule has 7 nitrogen and oxygen atoms in total. The zero-order chi connectivity index (χ0) is 27.7. The summed E-state index contributed by atoms with van der Waals surface area (Å²) in [5.74, 6) is -0.328. The first-order valence-corrected chi connectivity index (χ1v) is 12.7. The van der Waals surface area contributed by atoms with Gasteiger partial charge in [0.25, 0.3) is 5.56 Å². The van der Waals surface area contributed by atoms with Gasteiger partial charge in [0.1, 0.15) is 6.61 Å². The Hall–Kier alpha value is -3.29. The molecule has 0 saturated heterocycles. The number of fused-ring (bicyclic) bond motifs is 5. The van der Waals surface area contributed by atoms with Crippen molar-refractivity contribution in [3.8, 4) is 11.4 Å². The van der Waals surface area contributed by atoms with E-state index >= 15 is 0 Å². The van der Waals surface area contributed by atoms with Crippen molar-refractivity contribution in [3.63, 3.8) is 0 Å². The van der Waals surface area contributed by atoms with E-state index in [0.717, 1.165) is 46.4 Å². The van der Waals surface area contributed by atoms with Crippen LogP contribution in [0.5, 0.6) is 0 Å². The molecule has 2 unspecified atom stereocenters. The van der Waals surface area contributed by atoms with Crippen molar-refractivity contribution in [2.75, 3.05) is 21.3 Å². The first-order valence-electron chi connectivity index (χ1n) is 12.7. The van der Waals surface area contributed by atoms with Gasteiger partial charge in [0, 0.05) is 32.5 Å². The predicted molar refractivity (Wildman–Crippen MR) is 150 cm³/mol. The molecule has 5 rings (SSSR count). The number of cyclic esters (lactones) is 1. The zero-order valence-electron chi connectivity index (χ0n) is 23.1. The van der Waals surface area contributed by atoms with Crippen LogP contribution in [0.2, 0.25) is 0 Å². The van der Waals surface area contributed by atoms with E-state index in [9.17, 15) is 9.59 Å². The molecule has 0 aromatic carbocycles. The predicted octanol–water partition coefficient (Wildman–Crippen LogP) is 5.43. The van der Waals surface area contributed by atoms with E-state index in [4.69, 9.17) is 14.8 Å². The van der Waals surface area contributed by atoms with Crippen LogP contribution in [-0.4, -0.2) is 42.0 Å². The number of rotatable bonds is 2. The average molecular weight is 509 g/mol. The number of ether oxygens (including phenoxy) is 2. The number of aromatic nitrogens is 2. The van der Waals surface area contributed by atoms with Gasteiger partial charge in [0.2, 0.25) is 0 Å². The summed E-state index contributed by atoms with van der Waals surface area (Å²) in [5.41, 5.74) is 6.80. The fourth-order valence-corrected chi connectivity index (χ4v) is 4.57. The highest BCUT2D eigenvalue weighted by atomic mass is 16.5. The third-order valence-electron chi connectivity index (χ3n) is 6.16. The molecule has 2 aromatic rings. The highest BCUT2D eigenvalue weighted by Crippen LogP contribution is 2.39. The molecule has 37 heavy (non-hydrogen) atoms. The smallest absolute Gasteiger partial charge is 0.313 e. The maximum atomic E-state index is 13.3. The lowest BCUT2D eigenvalue weighted by atomic mass is 9.90. The van der Waals surface area contributed by atoms with Crippen LogP contribution in [0.3, 0.4) is 0 Å². The summed E-state index contributed by atoms with van der Waals surface area (Å²) in [7, 11) is 4.25. The molecule has 0 amide bonds.